The normalized spacial score (nSPS) is 19.6. The Bertz CT molecular complexity index is 663. The van der Waals surface area contributed by atoms with Crippen molar-refractivity contribution in [3.05, 3.63) is 17.1 Å². The molecule has 1 fully saturated rings. The van der Waals surface area contributed by atoms with E-state index in [1.54, 1.807) is 6.92 Å². The highest BCUT2D eigenvalue weighted by atomic mass is 32.2. The van der Waals surface area contributed by atoms with Crippen molar-refractivity contribution in [2.24, 2.45) is 0 Å². The minimum atomic E-state index is -3.95. The molecule has 1 saturated heterocycles. The van der Waals surface area contributed by atoms with Crippen LogP contribution in [0.3, 0.4) is 0 Å². The number of hydrogen-bond acceptors (Lipinski definition) is 5. The summed E-state index contributed by atoms with van der Waals surface area (Å²) >= 11 is 0. The molecule has 2 heterocycles. The van der Waals surface area contributed by atoms with Gasteiger partial charge in [-0.05, 0) is 33.6 Å². The molecule has 1 aliphatic rings. The maximum atomic E-state index is 12.7. The van der Waals surface area contributed by atoms with Crippen molar-refractivity contribution in [3.8, 4) is 0 Å². The Morgan fingerprint density at radius 1 is 1.24 bits per heavy atom. The van der Waals surface area contributed by atoms with Crippen molar-refractivity contribution in [1.82, 2.24) is 4.31 Å². The fraction of sp³-hybridized carbons (Fsp3) is 0.615. The van der Waals surface area contributed by atoms with Crippen molar-refractivity contribution in [2.75, 3.05) is 13.1 Å². The summed E-state index contributed by atoms with van der Waals surface area (Å²) in [6, 6.07) is 0. The number of aryl methyl sites for hydroxylation is 2. The molecule has 2 N–H and O–H groups in total. The third-order valence-corrected chi connectivity index (χ3v) is 5.87. The number of nitrogens with zero attached hydrogens (tertiary/aromatic N) is 1. The molecule has 0 bridgehead atoms. The Kier molecular flexibility index (Phi) is 3.90. The summed E-state index contributed by atoms with van der Waals surface area (Å²) in [6.07, 6.45) is 0.620. The summed E-state index contributed by atoms with van der Waals surface area (Å²) in [7, 11) is -3.95. The van der Waals surface area contributed by atoms with E-state index in [0.717, 1.165) is 0 Å². The minimum absolute atomic E-state index is 0.0715. The van der Waals surface area contributed by atoms with Gasteiger partial charge in [0.1, 0.15) is 22.0 Å². The van der Waals surface area contributed by atoms with Crippen LogP contribution in [-0.2, 0) is 10.0 Å². The van der Waals surface area contributed by atoms with E-state index < -0.39 is 21.6 Å². The van der Waals surface area contributed by atoms with Gasteiger partial charge in [0.2, 0.25) is 10.0 Å². The lowest BCUT2D eigenvalue weighted by molar-refractivity contribution is 0.0125. The Labute approximate surface area is 123 Å². The lowest BCUT2D eigenvalue weighted by Gasteiger charge is -2.34. The van der Waals surface area contributed by atoms with Crippen LogP contribution in [0.1, 0.15) is 41.6 Å². The van der Waals surface area contributed by atoms with Crippen LogP contribution >= 0.6 is 0 Å². The number of aromatic carboxylic acids is 1. The van der Waals surface area contributed by atoms with Crippen molar-refractivity contribution in [2.45, 2.75) is 44.1 Å². The van der Waals surface area contributed by atoms with Crippen LogP contribution in [0.5, 0.6) is 0 Å². The van der Waals surface area contributed by atoms with Gasteiger partial charge in [0.25, 0.3) is 0 Å². The van der Waals surface area contributed by atoms with Gasteiger partial charge in [-0.25, -0.2) is 13.2 Å². The van der Waals surface area contributed by atoms with Crippen LogP contribution in [0.4, 0.5) is 0 Å². The highest BCUT2D eigenvalue weighted by Crippen LogP contribution is 2.32. The highest BCUT2D eigenvalue weighted by molar-refractivity contribution is 7.89. The summed E-state index contributed by atoms with van der Waals surface area (Å²) in [4.78, 5) is 11.0. The quantitative estimate of drug-likeness (QED) is 0.865. The lowest BCUT2D eigenvalue weighted by Crippen LogP contribution is -2.45. The molecule has 0 aliphatic carbocycles. The summed E-state index contributed by atoms with van der Waals surface area (Å²) in [5.74, 6) is -1.18. The van der Waals surface area contributed by atoms with E-state index >= 15 is 0 Å². The third kappa shape index (κ3) is 2.83. The number of aliphatic hydroxyl groups is 1. The van der Waals surface area contributed by atoms with Crippen LogP contribution < -0.4 is 0 Å². The lowest BCUT2D eigenvalue weighted by atomic mass is 9.95. The van der Waals surface area contributed by atoms with Crippen molar-refractivity contribution >= 4 is 16.0 Å². The average Bonchev–Trinajstić information content (AvgIpc) is 2.64. The molecule has 7 nitrogen and oxygen atoms in total. The molecule has 21 heavy (non-hydrogen) atoms. The zero-order valence-electron chi connectivity index (χ0n) is 12.2. The van der Waals surface area contributed by atoms with E-state index in [2.05, 4.69) is 0 Å². The smallest absolute Gasteiger partial charge is 0.340 e. The van der Waals surface area contributed by atoms with Gasteiger partial charge < -0.3 is 14.6 Å². The van der Waals surface area contributed by atoms with Crippen LogP contribution in [0.2, 0.25) is 0 Å². The average molecular weight is 317 g/mol. The Balaban J connectivity index is 2.44. The number of hydrogen-bond donors (Lipinski definition) is 2. The van der Waals surface area contributed by atoms with E-state index in [1.165, 1.54) is 18.2 Å². The largest absolute Gasteiger partial charge is 0.478 e. The molecule has 0 spiro atoms. The Morgan fingerprint density at radius 3 is 2.24 bits per heavy atom. The van der Waals surface area contributed by atoms with Crippen molar-refractivity contribution in [3.63, 3.8) is 0 Å². The zero-order valence-corrected chi connectivity index (χ0v) is 13.0. The van der Waals surface area contributed by atoms with E-state index in [-0.39, 0.29) is 35.1 Å². The fourth-order valence-corrected chi connectivity index (χ4v) is 4.37. The number of carboxylic acids is 1. The Morgan fingerprint density at radius 2 is 1.76 bits per heavy atom. The molecule has 0 unspecified atom stereocenters. The summed E-state index contributed by atoms with van der Waals surface area (Å²) in [5.41, 5.74) is -1.20. The van der Waals surface area contributed by atoms with Gasteiger partial charge in [0, 0.05) is 13.1 Å². The van der Waals surface area contributed by atoms with E-state index in [9.17, 15) is 23.4 Å². The van der Waals surface area contributed by atoms with Gasteiger partial charge in [-0.3, -0.25) is 0 Å². The standard InChI is InChI=1S/C13H19NO6S/c1-8-10(12(15)16)11(9(2)20-8)21(18,19)14-6-4-13(3,17)5-7-14/h17H,4-7H2,1-3H3,(H,15,16). The number of carbonyl (C=O) groups is 1. The molecular weight excluding hydrogens is 298 g/mol. The maximum absolute atomic E-state index is 12.7. The molecular formula is C13H19NO6S. The van der Waals surface area contributed by atoms with Crippen LogP contribution in [-0.4, -0.2) is 47.6 Å². The van der Waals surface area contributed by atoms with E-state index in [0.29, 0.717) is 12.8 Å². The van der Waals surface area contributed by atoms with Gasteiger partial charge in [0.15, 0.2) is 0 Å². The van der Waals surface area contributed by atoms with Gasteiger partial charge in [-0.15, -0.1) is 0 Å². The molecule has 0 aromatic carbocycles. The second kappa shape index (κ2) is 5.11. The van der Waals surface area contributed by atoms with Crippen molar-refractivity contribution < 1.29 is 27.8 Å². The first-order chi connectivity index (χ1) is 9.56. The van der Waals surface area contributed by atoms with Gasteiger partial charge in [-0.1, -0.05) is 0 Å². The minimum Gasteiger partial charge on any atom is -0.478 e. The third-order valence-electron chi connectivity index (χ3n) is 3.82. The van der Waals surface area contributed by atoms with Crippen LogP contribution in [0.15, 0.2) is 9.31 Å². The second-order valence-electron chi connectivity index (χ2n) is 5.62. The van der Waals surface area contributed by atoms with Gasteiger partial charge in [0.05, 0.1) is 5.60 Å². The SMILES string of the molecule is Cc1oc(C)c(S(=O)(=O)N2CCC(C)(O)CC2)c1C(=O)O. The van der Waals surface area contributed by atoms with Crippen molar-refractivity contribution in [1.29, 1.82) is 0 Å². The summed E-state index contributed by atoms with van der Waals surface area (Å²) < 4.78 is 31.7. The summed E-state index contributed by atoms with van der Waals surface area (Å²) in [5, 5.41) is 19.1. The van der Waals surface area contributed by atoms with E-state index in [1.807, 2.05) is 0 Å². The molecule has 2 rings (SSSR count). The first-order valence-electron chi connectivity index (χ1n) is 6.62. The van der Waals surface area contributed by atoms with Gasteiger partial charge in [-0.2, -0.15) is 4.31 Å². The molecule has 1 aromatic heterocycles. The molecule has 1 aliphatic heterocycles. The molecule has 0 atom stereocenters. The van der Waals surface area contributed by atoms with Gasteiger partial charge >= 0.3 is 5.97 Å². The highest BCUT2D eigenvalue weighted by Gasteiger charge is 2.38. The molecule has 118 valence electrons. The monoisotopic (exact) mass is 317 g/mol. The topological polar surface area (TPSA) is 108 Å². The molecule has 0 amide bonds. The number of rotatable bonds is 3. The maximum Gasteiger partial charge on any atom is 0.340 e. The molecule has 1 aromatic rings. The number of piperidine rings is 1. The second-order valence-corrected chi connectivity index (χ2v) is 7.50. The predicted molar refractivity (Wildman–Crippen MR) is 73.8 cm³/mol. The Hall–Kier alpha value is -1.38. The number of sulfonamides is 1. The first-order valence-corrected chi connectivity index (χ1v) is 8.06. The number of carboxylic acid groups (broad SMARTS) is 1. The molecule has 0 saturated carbocycles. The zero-order chi connectivity index (χ0) is 16.0. The predicted octanol–water partition coefficient (Wildman–Crippen LogP) is 1.13. The molecule has 0 radical (unpaired) electrons. The van der Waals surface area contributed by atoms with E-state index in [4.69, 9.17) is 4.42 Å². The number of furan rings is 1. The van der Waals surface area contributed by atoms with Crippen LogP contribution in [0.25, 0.3) is 0 Å². The fourth-order valence-electron chi connectivity index (χ4n) is 2.56. The first kappa shape index (κ1) is 16.0. The van der Waals surface area contributed by atoms with Crippen LogP contribution in [0, 0.1) is 13.8 Å². The molecule has 8 heteroatoms. The summed E-state index contributed by atoms with van der Waals surface area (Å²) in [6.45, 7) is 4.83.